The average molecular weight is 1070 g/mol. The molecule has 0 amide bonds. The number of aliphatic hydroxyl groups is 1. The highest BCUT2D eigenvalue weighted by Crippen LogP contribution is 2.43. The van der Waals surface area contributed by atoms with Crippen LogP contribution in [-0.2, 0) is 42.2 Å². The van der Waals surface area contributed by atoms with E-state index in [0.717, 1.165) is 96.3 Å². The molecule has 0 spiro atoms. The third kappa shape index (κ3) is 54.5. The zero-order valence-corrected chi connectivity index (χ0v) is 49.0. The van der Waals surface area contributed by atoms with Gasteiger partial charge in [0.15, 0.2) is 6.10 Å². The van der Waals surface area contributed by atoms with E-state index in [-0.39, 0.29) is 25.9 Å². The summed E-state index contributed by atoms with van der Waals surface area (Å²) in [6, 6.07) is 0. The van der Waals surface area contributed by atoms with Crippen LogP contribution >= 0.6 is 7.82 Å². The number of phosphoric ester groups is 1. The van der Waals surface area contributed by atoms with Gasteiger partial charge in [0.05, 0.1) is 19.8 Å². The fourth-order valence-electron chi connectivity index (χ4n) is 8.75. The van der Waals surface area contributed by atoms with Gasteiger partial charge in [0.25, 0.3) is 0 Å². The Morgan fingerprint density at radius 2 is 0.622 bits per heavy atom. The summed E-state index contributed by atoms with van der Waals surface area (Å²) in [6.07, 6.45) is 59.5. The van der Waals surface area contributed by atoms with Crippen LogP contribution in [-0.4, -0.2) is 66.5 Å². The van der Waals surface area contributed by atoms with Crippen LogP contribution in [0.2, 0.25) is 0 Å². The number of hydrogen-bond donors (Lipinski definition) is 2. The van der Waals surface area contributed by atoms with Crippen LogP contribution < -0.4 is 0 Å². The zero-order valence-electron chi connectivity index (χ0n) is 48.1. The number of allylic oxidation sites excluding steroid dienone is 6. The molecule has 3 unspecified atom stereocenters. The van der Waals surface area contributed by atoms with Crippen LogP contribution in [0.25, 0.3) is 0 Å². The molecule has 0 aromatic heterocycles. The van der Waals surface area contributed by atoms with Crippen LogP contribution in [0.3, 0.4) is 0 Å². The average Bonchev–Trinajstić information content (AvgIpc) is 3.39. The summed E-state index contributed by atoms with van der Waals surface area (Å²) in [5.41, 5.74) is 0. The molecule has 0 aliphatic carbocycles. The fourth-order valence-corrected chi connectivity index (χ4v) is 9.54. The van der Waals surface area contributed by atoms with Crippen LogP contribution in [0.5, 0.6) is 0 Å². The number of carbonyl (C=O) groups is 3. The Bertz CT molecular complexity index is 1380. The molecule has 0 fully saturated rings. The summed E-state index contributed by atoms with van der Waals surface area (Å²) >= 11 is 0. The SMILES string of the molecule is CCCCCC/C=C\CCCCCCCC(=O)OCC(COP(=O)(O)OCC(CO)OC(=O)CCCCCCC/C=C\CCCCCCCC)OC(=O)CCCCCCCCCCC/C=C\CCCCCCCC. The Kier molecular flexibility index (Phi) is 55.1. The first-order valence-corrected chi connectivity index (χ1v) is 32.4. The van der Waals surface area contributed by atoms with Crippen molar-refractivity contribution in [3.63, 3.8) is 0 Å². The molecule has 0 heterocycles. The minimum atomic E-state index is -4.75. The minimum Gasteiger partial charge on any atom is -0.462 e. The maximum absolute atomic E-state index is 12.9. The second kappa shape index (κ2) is 56.9. The maximum atomic E-state index is 12.9. The largest absolute Gasteiger partial charge is 0.472 e. The molecule has 0 saturated carbocycles. The van der Waals surface area contributed by atoms with Gasteiger partial charge in [0.1, 0.15) is 12.7 Å². The van der Waals surface area contributed by atoms with E-state index in [1.807, 2.05) is 0 Å². The second-order valence-corrected chi connectivity index (χ2v) is 22.3. The van der Waals surface area contributed by atoms with E-state index >= 15 is 0 Å². The molecule has 434 valence electrons. The summed E-state index contributed by atoms with van der Waals surface area (Å²) in [7, 11) is -4.75. The molecule has 0 rings (SSSR count). The quantitative estimate of drug-likeness (QED) is 0.0197. The number of rotatable bonds is 58. The van der Waals surface area contributed by atoms with E-state index in [4.69, 9.17) is 23.3 Å². The van der Waals surface area contributed by atoms with Gasteiger partial charge in [-0.2, -0.15) is 0 Å². The summed E-state index contributed by atoms with van der Waals surface area (Å²) in [4.78, 5) is 48.6. The third-order valence-corrected chi connectivity index (χ3v) is 14.5. The van der Waals surface area contributed by atoms with Gasteiger partial charge in [0, 0.05) is 19.3 Å². The van der Waals surface area contributed by atoms with Crippen molar-refractivity contribution in [3.05, 3.63) is 36.5 Å². The summed E-state index contributed by atoms with van der Waals surface area (Å²) in [6.45, 7) is 4.65. The fraction of sp³-hybridized carbons (Fsp3) is 0.855. The number of unbranched alkanes of at least 4 members (excludes halogenated alkanes) is 35. The summed E-state index contributed by atoms with van der Waals surface area (Å²) < 4.78 is 39.6. The second-order valence-electron chi connectivity index (χ2n) is 20.9. The Morgan fingerprint density at radius 1 is 0.365 bits per heavy atom. The molecule has 0 bridgehead atoms. The number of phosphoric acid groups is 1. The van der Waals surface area contributed by atoms with Gasteiger partial charge in [-0.1, -0.05) is 224 Å². The Labute approximate surface area is 454 Å². The molecule has 0 radical (unpaired) electrons. The molecular formula is C62H115O11P. The minimum absolute atomic E-state index is 0.166. The lowest BCUT2D eigenvalue weighted by Gasteiger charge is -2.21. The van der Waals surface area contributed by atoms with Gasteiger partial charge in [0.2, 0.25) is 0 Å². The molecule has 0 aromatic rings. The lowest BCUT2D eigenvalue weighted by atomic mass is 10.1. The number of carbonyl (C=O) groups excluding carboxylic acids is 3. The van der Waals surface area contributed by atoms with Crippen molar-refractivity contribution < 1.29 is 52.2 Å². The third-order valence-electron chi connectivity index (χ3n) is 13.5. The molecule has 12 heteroatoms. The first-order chi connectivity index (χ1) is 36.2. The monoisotopic (exact) mass is 1070 g/mol. The molecule has 11 nitrogen and oxygen atoms in total. The normalized spacial score (nSPS) is 13.5. The van der Waals surface area contributed by atoms with Crippen molar-refractivity contribution in [2.45, 2.75) is 315 Å². The molecule has 0 aliphatic heterocycles. The lowest BCUT2D eigenvalue weighted by molar-refractivity contribution is -0.161. The smallest absolute Gasteiger partial charge is 0.462 e. The number of aliphatic hydroxyl groups excluding tert-OH is 1. The van der Waals surface area contributed by atoms with Crippen molar-refractivity contribution in [2.75, 3.05) is 26.4 Å². The Hall–Kier alpha value is -2.30. The number of esters is 3. The van der Waals surface area contributed by atoms with E-state index in [1.165, 1.54) is 148 Å². The van der Waals surface area contributed by atoms with Gasteiger partial charge >= 0.3 is 25.7 Å². The van der Waals surface area contributed by atoms with Gasteiger partial charge in [-0.25, -0.2) is 4.57 Å². The molecule has 2 N–H and O–H groups in total. The molecule has 0 saturated heterocycles. The topological polar surface area (TPSA) is 155 Å². The van der Waals surface area contributed by atoms with E-state index in [2.05, 4.69) is 57.2 Å². The standard InChI is InChI=1S/C62H115O11P/c1-4-7-10-13-16-19-22-25-27-28-29-30-32-35-38-41-44-47-50-53-62(66)73-59(55-69-60(64)51-48-45-42-39-36-33-24-21-18-15-12-9-6-3)57-71-74(67,68)70-56-58(54-63)72-61(65)52-49-46-43-40-37-34-31-26-23-20-17-14-11-8-5-2/h21,24-27,31,58-59,63H,4-20,22-23,28-30,32-57H2,1-3H3,(H,67,68)/b24-21-,27-25-,31-26-. The summed E-state index contributed by atoms with van der Waals surface area (Å²) in [5.74, 6) is -1.47. The van der Waals surface area contributed by atoms with Crippen molar-refractivity contribution in [1.29, 1.82) is 0 Å². The predicted octanol–water partition coefficient (Wildman–Crippen LogP) is 18.4. The summed E-state index contributed by atoms with van der Waals surface area (Å²) in [5, 5.41) is 9.83. The van der Waals surface area contributed by atoms with Gasteiger partial charge < -0.3 is 24.2 Å². The number of hydrogen-bond acceptors (Lipinski definition) is 10. The van der Waals surface area contributed by atoms with Gasteiger partial charge in [-0.05, 0) is 96.3 Å². The number of ether oxygens (including phenoxy) is 3. The molecule has 74 heavy (non-hydrogen) atoms. The molecule has 0 aromatic carbocycles. The lowest BCUT2D eigenvalue weighted by Crippen LogP contribution is -2.30. The maximum Gasteiger partial charge on any atom is 0.472 e. The zero-order chi connectivity index (χ0) is 54.1. The van der Waals surface area contributed by atoms with E-state index < -0.39 is 57.8 Å². The molecular weight excluding hydrogens is 952 g/mol. The van der Waals surface area contributed by atoms with E-state index in [0.29, 0.717) is 19.3 Å². The van der Waals surface area contributed by atoms with Gasteiger partial charge in [-0.15, -0.1) is 0 Å². The first-order valence-electron chi connectivity index (χ1n) is 30.9. The highest BCUT2D eigenvalue weighted by Gasteiger charge is 2.28. The van der Waals surface area contributed by atoms with E-state index in [1.54, 1.807) is 0 Å². The highest BCUT2D eigenvalue weighted by atomic mass is 31.2. The highest BCUT2D eigenvalue weighted by molar-refractivity contribution is 7.47. The van der Waals surface area contributed by atoms with Crippen molar-refractivity contribution in [2.24, 2.45) is 0 Å². The van der Waals surface area contributed by atoms with Crippen molar-refractivity contribution in [3.8, 4) is 0 Å². The predicted molar refractivity (Wildman–Crippen MR) is 307 cm³/mol. The van der Waals surface area contributed by atoms with Crippen LogP contribution in [0.15, 0.2) is 36.5 Å². The Morgan fingerprint density at radius 3 is 0.946 bits per heavy atom. The van der Waals surface area contributed by atoms with Crippen LogP contribution in [0, 0.1) is 0 Å². The van der Waals surface area contributed by atoms with Crippen molar-refractivity contribution >= 4 is 25.7 Å². The van der Waals surface area contributed by atoms with Crippen molar-refractivity contribution in [1.82, 2.24) is 0 Å². The van der Waals surface area contributed by atoms with Crippen LogP contribution in [0.4, 0.5) is 0 Å². The van der Waals surface area contributed by atoms with Gasteiger partial charge in [-0.3, -0.25) is 23.4 Å². The first kappa shape index (κ1) is 71.7. The Balaban J connectivity index is 4.68. The molecule has 0 aliphatic rings. The van der Waals surface area contributed by atoms with E-state index in [9.17, 15) is 28.9 Å². The van der Waals surface area contributed by atoms with Crippen LogP contribution in [0.1, 0.15) is 303 Å². The molecule has 3 atom stereocenters.